The maximum Gasteiger partial charge on any atom is 0.210 e. The number of hydrogen-bond donors (Lipinski definition) is 3. The Kier molecular flexibility index (Phi) is 3.46. The number of guanidine groups is 1. The van der Waals surface area contributed by atoms with E-state index in [0.717, 1.165) is 23.0 Å². The maximum atomic E-state index is 5.42. The third kappa shape index (κ3) is 2.96. The number of nitrogens with one attached hydrogen (secondary N) is 2. The first-order chi connectivity index (χ1) is 7.69. The van der Waals surface area contributed by atoms with Gasteiger partial charge in [-0.15, -0.1) is 0 Å². The van der Waals surface area contributed by atoms with Crippen molar-refractivity contribution in [3.05, 3.63) is 28.2 Å². The van der Waals surface area contributed by atoms with E-state index in [0.29, 0.717) is 12.0 Å². The molecular weight excluding hydrogens is 268 g/mol. The second-order valence-corrected chi connectivity index (χ2v) is 4.82. The number of nitrogens with two attached hydrogens (primary N) is 1. The van der Waals surface area contributed by atoms with Crippen molar-refractivity contribution in [3.63, 3.8) is 0 Å². The van der Waals surface area contributed by atoms with Gasteiger partial charge in [0.05, 0.1) is 11.7 Å². The van der Waals surface area contributed by atoms with E-state index in [2.05, 4.69) is 38.6 Å². The minimum Gasteiger partial charge on any atom is -0.324 e. The van der Waals surface area contributed by atoms with Crippen LogP contribution in [0.15, 0.2) is 27.7 Å². The topological polar surface area (TPSA) is 62.4 Å². The van der Waals surface area contributed by atoms with E-state index in [1.54, 1.807) is 0 Å². The van der Waals surface area contributed by atoms with E-state index in [-0.39, 0.29) is 0 Å². The van der Waals surface area contributed by atoms with Crippen molar-refractivity contribution in [2.24, 2.45) is 10.8 Å². The number of aliphatic imine (C=N–C) groups is 1. The zero-order chi connectivity index (χ0) is 11.5. The molecule has 1 aliphatic rings. The fraction of sp³-hybridized carbons (Fsp3) is 0.364. The number of hydrogen-bond acceptors (Lipinski definition) is 2. The average molecular weight is 283 g/mol. The molecule has 0 amide bonds. The number of hydrazine groups is 1. The fourth-order valence-corrected chi connectivity index (χ4v) is 1.93. The molecule has 0 bridgehead atoms. The highest BCUT2D eigenvalue weighted by Gasteiger charge is 2.21. The van der Waals surface area contributed by atoms with Gasteiger partial charge in [-0.05, 0) is 53.4 Å². The standard InChI is InChI=1S/C11H15BrN4/c1-7-2-5-10(9(12)6-7)15-11(16-13)14-8-3-4-8/h2,5-6,8H,3-4,13H2,1H3,(H2,14,15,16). The predicted octanol–water partition coefficient (Wildman–Crippen LogP) is 2.15. The SMILES string of the molecule is Cc1ccc(NC(=NC2CC2)NN)c(Br)c1. The molecule has 1 aliphatic carbocycles. The van der Waals surface area contributed by atoms with E-state index in [1.807, 2.05) is 18.2 Å². The second kappa shape index (κ2) is 4.84. The summed E-state index contributed by atoms with van der Waals surface area (Å²) in [6.07, 6.45) is 2.31. The van der Waals surface area contributed by atoms with Crippen molar-refractivity contribution in [2.75, 3.05) is 5.32 Å². The van der Waals surface area contributed by atoms with Gasteiger partial charge < -0.3 is 5.32 Å². The van der Waals surface area contributed by atoms with Crippen LogP contribution in [0, 0.1) is 6.92 Å². The molecule has 0 unspecified atom stereocenters. The van der Waals surface area contributed by atoms with Crippen LogP contribution >= 0.6 is 15.9 Å². The van der Waals surface area contributed by atoms with Crippen molar-refractivity contribution >= 4 is 27.6 Å². The van der Waals surface area contributed by atoms with Crippen LogP contribution in [0.3, 0.4) is 0 Å². The maximum absolute atomic E-state index is 5.42. The Labute approximate surface area is 103 Å². The quantitative estimate of drug-likeness (QED) is 0.337. The third-order valence-corrected chi connectivity index (χ3v) is 3.03. The van der Waals surface area contributed by atoms with Crippen LogP contribution in [0.4, 0.5) is 5.69 Å². The summed E-state index contributed by atoms with van der Waals surface area (Å²) in [5.41, 5.74) is 4.75. The van der Waals surface area contributed by atoms with Gasteiger partial charge in [0.15, 0.2) is 0 Å². The zero-order valence-corrected chi connectivity index (χ0v) is 10.7. The van der Waals surface area contributed by atoms with E-state index in [1.165, 1.54) is 5.56 Å². The summed E-state index contributed by atoms with van der Waals surface area (Å²) < 4.78 is 1.01. The van der Waals surface area contributed by atoms with E-state index < -0.39 is 0 Å². The van der Waals surface area contributed by atoms with Gasteiger partial charge in [-0.25, -0.2) is 10.8 Å². The lowest BCUT2D eigenvalue weighted by atomic mass is 10.2. The highest BCUT2D eigenvalue weighted by molar-refractivity contribution is 9.10. The molecule has 4 nitrogen and oxygen atoms in total. The van der Waals surface area contributed by atoms with E-state index in [4.69, 9.17) is 5.84 Å². The van der Waals surface area contributed by atoms with Gasteiger partial charge >= 0.3 is 0 Å². The van der Waals surface area contributed by atoms with Crippen LogP contribution in [0.1, 0.15) is 18.4 Å². The van der Waals surface area contributed by atoms with Crippen molar-refractivity contribution in [2.45, 2.75) is 25.8 Å². The molecular formula is C11H15BrN4. The highest BCUT2D eigenvalue weighted by atomic mass is 79.9. The number of rotatable bonds is 2. The molecule has 0 spiro atoms. The van der Waals surface area contributed by atoms with Gasteiger partial charge in [0.1, 0.15) is 0 Å². The summed E-state index contributed by atoms with van der Waals surface area (Å²) >= 11 is 3.50. The molecule has 0 atom stereocenters. The number of anilines is 1. The van der Waals surface area contributed by atoms with Crippen LogP contribution in [-0.4, -0.2) is 12.0 Å². The highest BCUT2D eigenvalue weighted by Crippen LogP contribution is 2.25. The predicted molar refractivity (Wildman–Crippen MR) is 70.3 cm³/mol. The summed E-state index contributed by atoms with van der Waals surface area (Å²) in [4.78, 5) is 4.41. The molecule has 0 radical (unpaired) electrons. The lowest BCUT2D eigenvalue weighted by Gasteiger charge is -2.11. The first kappa shape index (κ1) is 11.4. The number of halogens is 1. The molecule has 86 valence electrons. The molecule has 16 heavy (non-hydrogen) atoms. The summed E-state index contributed by atoms with van der Waals surface area (Å²) in [6.45, 7) is 2.05. The molecule has 0 aromatic heterocycles. The van der Waals surface area contributed by atoms with Crippen LogP contribution in [-0.2, 0) is 0 Å². The Morgan fingerprint density at radius 2 is 2.25 bits per heavy atom. The summed E-state index contributed by atoms with van der Waals surface area (Å²) in [7, 11) is 0. The Morgan fingerprint density at radius 3 is 2.81 bits per heavy atom. The van der Waals surface area contributed by atoms with Crippen molar-refractivity contribution in [3.8, 4) is 0 Å². The minimum atomic E-state index is 0.433. The van der Waals surface area contributed by atoms with Crippen molar-refractivity contribution in [1.82, 2.24) is 5.43 Å². The first-order valence-electron chi connectivity index (χ1n) is 5.26. The monoisotopic (exact) mass is 282 g/mol. The summed E-state index contributed by atoms with van der Waals surface area (Å²) in [5, 5.41) is 3.16. The summed E-state index contributed by atoms with van der Waals surface area (Å²) in [5.74, 6) is 6.04. The van der Waals surface area contributed by atoms with Gasteiger partial charge in [0.25, 0.3) is 0 Å². The third-order valence-electron chi connectivity index (χ3n) is 2.37. The molecule has 0 saturated heterocycles. The fourth-order valence-electron chi connectivity index (χ4n) is 1.34. The van der Waals surface area contributed by atoms with Gasteiger partial charge in [-0.1, -0.05) is 6.07 Å². The lowest BCUT2D eigenvalue weighted by molar-refractivity contribution is 0.966. The van der Waals surface area contributed by atoms with E-state index in [9.17, 15) is 0 Å². The van der Waals surface area contributed by atoms with Gasteiger partial charge in [0.2, 0.25) is 5.96 Å². The Morgan fingerprint density at radius 1 is 1.50 bits per heavy atom. The van der Waals surface area contributed by atoms with Gasteiger partial charge in [0, 0.05) is 4.47 Å². The van der Waals surface area contributed by atoms with Crippen LogP contribution in [0.5, 0.6) is 0 Å². The van der Waals surface area contributed by atoms with Crippen molar-refractivity contribution < 1.29 is 0 Å². The normalized spacial score (nSPS) is 16.1. The zero-order valence-electron chi connectivity index (χ0n) is 9.13. The van der Waals surface area contributed by atoms with E-state index >= 15 is 0 Å². The Balaban J connectivity index is 2.12. The average Bonchev–Trinajstić information content (AvgIpc) is 3.04. The molecule has 1 saturated carbocycles. The van der Waals surface area contributed by atoms with Crippen LogP contribution < -0.4 is 16.6 Å². The number of nitrogens with zero attached hydrogens (tertiary/aromatic N) is 1. The van der Waals surface area contributed by atoms with Crippen molar-refractivity contribution in [1.29, 1.82) is 0 Å². The Hall–Kier alpha value is -1.07. The molecule has 5 heteroatoms. The molecule has 0 aliphatic heterocycles. The van der Waals surface area contributed by atoms with Crippen LogP contribution in [0.2, 0.25) is 0 Å². The molecule has 1 fully saturated rings. The van der Waals surface area contributed by atoms with Crippen LogP contribution in [0.25, 0.3) is 0 Å². The second-order valence-electron chi connectivity index (χ2n) is 3.96. The first-order valence-corrected chi connectivity index (χ1v) is 6.06. The van der Waals surface area contributed by atoms with Gasteiger partial charge in [-0.2, -0.15) is 0 Å². The number of aryl methyl sites for hydroxylation is 1. The molecule has 1 aromatic rings. The smallest absolute Gasteiger partial charge is 0.210 e. The largest absolute Gasteiger partial charge is 0.324 e. The Bertz CT molecular complexity index is 412. The summed E-state index contributed by atoms with van der Waals surface area (Å²) in [6, 6.07) is 6.52. The molecule has 4 N–H and O–H groups in total. The minimum absolute atomic E-state index is 0.433. The molecule has 0 heterocycles. The molecule has 1 aromatic carbocycles. The lowest BCUT2D eigenvalue weighted by Crippen LogP contribution is -2.36. The number of benzene rings is 1. The molecule has 2 rings (SSSR count). The van der Waals surface area contributed by atoms with Gasteiger partial charge in [-0.3, -0.25) is 5.43 Å².